The number of fused-ring (bicyclic) bond motifs is 1. The summed E-state index contributed by atoms with van der Waals surface area (Å²) in [5.74, 6) is -0.0554. The van der Waals surface area contributed by atoms with Crippen LogP contribution in [0.4, 0.5) is 15.3 Å². The zero-order valence-corrected chi connectivity index (χ0v) is 29.7. The molecule has 2 aromatic carbocycles. The molecule has 5 rings (SSSR count). The fraction of sp³-hybridized carbons (Fsp3) is 0.605. The monoisotopic (exact) mass is 646 g/mol. The van der Waals surface area contributed by atoms with Crippen molar-refractivity contribution in [3.8, 4) is 0 Å². The highest BCUT2D eigenvalue weighted by molar-refractivity contribution is 5.92. The van der Waals surface area contributed by atoms with Crippen LogP contribution in [0.1, 0.15) is 81.0 Å². The number of rotatable bonds is 10. The van der Waals surface area contributed by atoms with E-state index in [2.05, 4.69) is 54.4 Å². The molecule has 1 saturated heterocycles. The molecule has 258 valence electrons. The minimum absolute atomic E-state index is 0.0554. The van der Waals surface area contributed by atoms with Gasteiger partial charge in [-0.1, -0.05) is 62.6 Å². The van der Waals surface area contributed by atoms with Gasteiger partial charge in [0, 0.05) is 50.5 Å². The SMILES string of the molecule is CC(=O)C(Cc1ccc(C)c(C)c1)NC(=O)N1CCC(N2Cc3ccccc3NC2=O)CC1.CCN(C)CCN(C)C1CCCCC1. The second-order valence-corrected chi connectivity index (χ2v) is 13.8. The molecule has 0 aromatic heterocycles. The molecule has 2 aromatic rings. The number of likely N-dealkylation sites (tertiary alicyclic amines) is 1. The van der Waals surface area contributed by atoms with Crippen molar-refractivity contribution in [2.75, 3.05) is 52.1 Å². The number of piperidine rings is 1. The van der Waals surface area contributed by atoms with Crippen LogP contribution in [0.25, 0.3) is 0 Å². The van der Waals surface area contributed by atoms with E-state index in [0.717, 1.165) is 22.9 Å². The quantitative estimate of drug-likeness (QED) is 0.320. The van der Waals surface area contributed by atoms with Crippen molar-refractivity contribution in [3.63, 3.8) is 0 Å². The number of amides is 4. The van der Waals surface area contributed by atoms with E-state index in [1.807, 2.05) is 48.2 Å². The van der Waals surface area contributed by atoms with Gasteiger partial charge in [0.2, 0.25) is 0 Å². The van der Waals surface area contributed by atoms with Gasteiger partial charge in [0.15, 0.2) is 5.78 Å². The Kier molecular flexibility index (Phi) is 13.7. The van der Waals surface area contributed by atoms with E-state index in [1.54, 1.807) is 4.90 Å². The zero-order valence-electron chi connectivity index (χ0n) is 29.7. The van der Waals surface area contributed by atoms with Gasteiger partial charge in [-0.15, -0.1) is 0 Å². The molecule has 2 aliphatic heterocycles. The number of Topliss-reactive ketones (excluding diaryl/α,β-unsaturated/α-hetero) is 1. The Balaban J connectivity index is 0.000000300. The lowest BCUT2D eigenvalue weighted by Gasteiger charge is -2.40. The lowest BCUT2D eigenvalue weighted by molar-refractivity contribution is -0.118. The number of hydrogen-bond acceptors (Lipinski definition) is 5. The topological polar surface area (TPSA) is 88.2 Å². The molecule has 47 heavy (non-hydrogen) atoms. The van der Waals surface area contributed by atoms with Crippen LogP contribution in [0.15, 0.2) is 42.5 Å². The van der Waals surface area contributed by atoms with E-state index in [1.165, 1.54) is 69.8 Å². The van der Waals surface area contributed by atoms with Gasteiger partial charge in [-0.05, 0) is 102 Å². The Morgan fingerprint density at radius 1 is 0.957 bits per heavy atom. The van der Waals surface area contributed by atoms with Gasteiger partial charge in [0.05, 0.1) is 6.04 Å². The van der Waals surface area contributed by atoms with Gasteiger partial charge in [-0.3, -0.25) is 4.79 Å². The average Bonchev–Trinajstić information content (AvgIpc) is 3.08. The minimum atomic E-state index is -0.554. The molecule has 1 saturated carbocycles. The Morgan fingerprint density at radius 3 is 2.32 bits per heavy atom. The molecule has 1 unspecified atom stereocenters. The Bertz CT molecular complexity index is 1330. The van der Waals surface area contributed by atoms with Crippen molar-refractivity contribution in [1.82, 2.24) is 24.9 Å². The van der Waals surface area contributed by atoms with Gasteiger partial charge < -0.3 is 30.2 Å². The predicted octanol–water partition coefficient (Wildman–Crippen LogP) is 6.23. The van der Waals surface area contributed by atoms with E-state index in [4.69, 9.17) is 0 Å². The number of ketones is 1. The first-order chi connectivity index (χ1) is 22.5. The maximum atomic E-state index is 12.9. The van der Waals surface area contributed by atoms with Gasteiger partial charge in [-0.2, -0.15) is 0 Å². The van der Waals surface area contributed by atoms with Crippen LogP contribution >= 0.6 is 0 Å². The molecule has 9 nitrogen and oxygen atoms in total. The summed E-state index contributed by atoms with van der Waals surface area (Å²) in [6.07, 6.45) is 9.09. The van der Waals surface area contributed by atoms with Gasteiger partial charge in [0.1, 0.15) is 0 Å². The van der Waals surface area contributed by atoms with Gasteiger partial charge in [0.25, 0.3) is 0 Å². The number of carbonyl (C=O) groups excluding carboxylic acids is 3. The Morgan fingerprint density at radius 2 is 1.66 bits per heavy atom. The van der Waals surface area contributed by atoms with Crippen molar-refractivity contribution in [3.05, 3.63) is 64.7 Å². The highest BCUT2D eigenvalue weighted by Gasteiger charge is 2.33. The molecule has 0 radical (unpaired) electrons. The second kappa shape index (κ2) is 17.6. The number of carbonyl (C=O) groups is 3. The average molecular weight is 647 g/mol. The molecule has 2 N–H and O–H groups in total. The minimum Gasteiger partial charge on any atom is -0.328 e. The summed E-state index contributed by atoms with van der Waals surface area (Å²) >= 11 is 0. The van der Waals surface area contributed by atoms with Crippen molar-refractivity contribution >= 4 is 23.5 Å². The summed E-state index contributed by atoms with van der Waals surface area (Å²) < 4.78 is 0. The smallest absolute Gasteiger partial charge is 0.322 e. The number of urea groups is 2. The molecule has 2 heterocycles. The molecule has 4 amide bonds. The third-order valence-electron chi connectivity index (χ3n) is 10.4. The molecule has 3 aliphatic rings. The van der Waals surface area contributed by atoms with E-state index >= 15 is 0 Å². The van der Waals surface area contributed by atoms with Crippen LogP contribution < -0.4 is 10.6 Å². The van der Waals surface area contributed by atoms with E-state index in [9.17, 15) is 14.4 Å². The van der Waals surface area contributed by atoms with Crippen LogP contribution in [0, 0.1) is 13.8 Å². The third kappa shape index (κ3) is 10.5. The van der Waals surface area contributed by atoms with Gasteiger partial charge in [-0.25, -0.2) is 9.59 Å². The normalized spacial score (nSPS) is 17.9. The van der Waals surface area contributed by atoms with Crippen molar-refractivity contribution in [1.29, 1.82) is 0 Å². The second-order valence-electron chi connectivity index (χ2n) is 13.8. The number of nitrogens with zero attached hydrogens (tertiary/aromatic N) is 4. The van der Waals surface area contributed by atoms with Crippen LogP contribution in [0.5, 0.6) is 0 Å². The molecule has 2 fully saturated rings. The van der Waals surface area contributed by atoms with Crippen molar-refractivity contribution in [2.24, 2.45) is 0 Å². The zero-order chi connectivity index (χ0) is 33.9. The highest BCUT2D eigenvalue weighted by atomic mass is 16.2. The van der Waals surface area contributed by atoms with E-state index in [0.29, 0.717) is 38.9 Å². The fourth-order valence-electron chi connectivity index (χ4n) is 6.79. The number of para-hydroxylation sites is 1. The maximum Gasteiger partial charge on any atom is 0.322 e. The molecule has 9 heteroatoms. The van der Waals surface area contributed by atoms with Gasteiger partial charge >= 0.3 is 12.1 Å². The van der Waals surface area contributed by atoms with Crippen LogP contribution in [0.3, 0.4) is 0 Å². The number of benzene rings is 2. The summed E-state index contributed by atoms with van der Waals surface area (Å²) in [6, 6.07) is 14.1. The number of nitrogens with one attached hydrogen (secondary N) is 2. The molecule has 1 aliphatic carbocycles. The standard InChI is InChI=1S/C26H32N4O3.C12H26N2/c1-17-8-9-20(14-18(17)2)15-24(19(3)31)28-25(32)29-12-10-22(11-13-29)30-16-21-6-4-5-7-23(21)27-26(30)33;1-4-13(2)10-11-14(3)12-8-6-5-7-9-12/h4-9,14,22,24H,10-13,15-16H2,1-3H3,(H,27,33)(H,28,32);12H,4-11H2,1-3H3. The summed E-state index contributed by atoms with van der Waals surface area (Å²) in [5.41, 5.74) is 5.39. The van der Waals surface area contributed by atoms with Crippen LogP contribution in [0.2, 0.25) is 0 Å². The summed E-state index contributed by atoms with van der Waals surface area (Å²) in [6.45, 7) is 13.1. The Labute approximate surface area is 283 Å². The largest absolute Gasteiger partial charge is 0.328 e. The first-order valence-electron chi connectivity index (χ1n) is 17.7. The number of aryl methyl sites for hydroxylation is 2. The number of likely N-dealkylation sites (N-methyl/N-ethyl adjacent to an activating group) is 2. The summed E-state index contributed by atoms with van der Waals surface area (Å²) in [4.78, 5) is 46.3. The number of hydrogen-bond donors (Lipinski definition) is 2. The van der Waals surface area contributed by atoms with Crippen molar-refractivity contribution < 1.29 is 14.4 Å². The van der Waals surface area contributed by atoms with E-state index in [-0.39, 0.29) is 23.9 Å². The Hall–Kier alpha value is -3.43. The first kappa shape index (κ1) is 36.4. The highest BCUT2D eigenvalue weighted by Crippen LogP contribution is 2.27. The molecule has 0 bridgehead atoms. The molecule has 0 spiro atoms. The molecular weight excluding hydrogens is 588 g/mol. The third-order valence-corrected chi connectivity index (χ3v) is 10.4. The van der Waals surface area contributed by atoms with Crippen molar-refractivity contribution in [2.45, 2.75) is 104 Å². The maximum absolute atomic E-state index is 12.9. The lowest BCUT2D eigenvalue weighted by Crippen LogP contribution is -2.54. The lowest BCUT2D eigenvalue weighted by atomic mass is 9.94. The fourth-order valence-corrected chi connectivity index (χ4v) is 6.79. The van der Waals surface area contributed by atoms with Crippen LogP contribution in [-0.2, 0) is 17.8 Å². The molecular formula is C38H58N6O3. The summed E-state index contributed by atoms with van der Waals surface area (Å²) in [5, 5.41) is 5.90. The van der Waals surface area contributed by atoms with E-state index < -0.39 is 6.04 Å². The predicted molar refractivity (Wildman–Crippen MR) is 191 cm³/mol. The summed E-state index contributed by atoms with van der Waals surface area (Å²) in [7, 11) is 4.49. The first-order valence-corrected chi connectivity index (χ1v) is 17.7. The molecule has 1 atom stereocenters. The van der Waals surface area contributed by atoms with Crippen LogP contribution in [-0.4, -0.2) is 102 Å². The number of anilines is 1.